The van der Waals surface area contributed by atoms with Gasteiger partial charge in [-0.15, -0.1) is 10.2 Å². The van der Waals surface area contributed by atoms with Crippen molar-refractivity contribution in [2.75, 3.05) is 40.3 Å². The van der Waals surface area contributed by atoms with Crippen molar-refractivity contribution >= 4 is 11.8 Å². The molecule has 0 saturated carbocycles. The van der Waals surface area contributed by atoms with Gasteiger partial charge in [-0.2, -0.15) is 0 Å². The summed E-state index contributed by atoms with van der Waals surface area (Å²) in [7, 11) is 4.89. The van der Waals surface area contributed by atoms with Crippen molar-refractivity contribution in [2.24, 2.45) is 0 Å². The minimum Gasteiger partial charge on any atom is -0.493 e. The molecule has 9 heteroatoms. The molecule has 0 saturated heterocycles. The number of nitrogens with zero attached hydrogens (tertiary/aromatic N) is 3. The summed E-state index contributed by atoms with van der Waals surface area (Å²) in [6, 6.07) is 11.7. The van der Waals surface area contributed by atoms with Gasteiger partial charge in [0, 0.05) is 31.6 Å². The molecule has 0 aliphatic heterocycles. The summed E-state index contributed by atoms with van der Waals surface area (Å²) in [4.78, 5) is 0. The van der Waals surface area contributed by atoms with Gasteiger partial charge in [0.05, 0.1) is 20.8 Å². The summed E-state index contributed by atoms with van der Waals surface area (Å²) < 4.78 is 36.7. The smallest absolute Gasteiger partial charge is 0.191 e. The van der Waals surface area contributed by atoms with Crippen molar-refractivity contribution in [3.63, 3.8) is 0 Å². The first kappa shape index (κ1) is 22.9. The summed E-state index contributed by atoms with van der Waals surface area (Å²) in [5.74, 6) is 3.06. The van der Waals surface area contributed by atoms with Crippen LogP contribution in [0.15, 0.2) is 47.6 Å². The normalized spacial score (nSPS) is 10.8. The van der Waals surface area contributed by atoms with Crippen LogP contribution in [-0.4, -0.2) is 55.1 Å². The van der Waals surface area contributed by atoms with Gasteiger partial charge in [-0.05, 0) is 48.9 Å². The Labute approximate surface area is 185 Å². The molecule has 2 aromatic carbocycles. The number of hydrogen-bond donors (Lipinski definition) is 0. The Morgan fingerprint density at radius 3 is 2.42 bits per heavy atom. The number of methoxy groups -OCH3 is 3. The molecule has 0 bridgehead atoms. The van der Waals surface area contributed by atoms with Gasteiger partial charge in [-0.1, -0.05) is 11.8 Å². The van der Waals surface area contributed by atoms with Gasteiger partial charge in [0.2, 0.25) is 0 Å². The Hall–Kier alpha value is -2.78. The number of thioether (sulfide) groups is 1. The first-order valence-corrected chi connectivity index (χ1v) is 10.8. The lowest BCUT2D eigenvalue weighted by Crippen LogP contribution is -2.07. The fourth-order valence-electron chi connectivity index (χ4n) is 2.98. The van der Waals surface area contributed by atoms with Crippen LogP contribution < -0.4 is 14.2 Å². The van der Waals surface area contributed by atoms with Crippen LogP contribution in [0.2, 0.25) is 0 Å². The highest BCUT2D eigenvalue weighted by Gasteiger charge is 2.16. The molecule has 0 radical (unpaired) electrons. The largest absolute Gasteiger partial charge is 0.493 e. The fourth-order valence-corrected chi connectivity index (χ4v) is 3.76. The topological polar surface area (TPSA) is 67.6 Å². The van der Waals surface area contributed by atoms with E-state index in [0.29, 0.717) is 42.8 Å². The van der Waals surface area contributed by atoms with Gasteiger partial charge in [-0.25, -0.2) is 4.39 Å². The monoisotopic (exact) mass is 447 g/mol. The van der Waals surface area contributed by atoms with Gasteiger partial charge in [-0.3, -0.25) is 0 Å². The molecule has 0 N–H and O–H groups in total. The number of benzene rings is 2. The molecular weight excluding hydrogens is 421 g/mol. The van der Waals surface area contributed by atoms with Crippen LogP contribution >= 0.6 is 11.8 Å². The average Bonchev–Trinajstić information content (AvgIpc) is 3.20. The Balaban J connectivity index is 1.72. The fraction of sp³-hybridized carbons (Fsp3) is 0.364. The van der Waals surface area contributed by atoms with Crippen molar-refractivity contribution in [1.29, 1.82) is 0 Å². The minimum absolute atomic E-state index is 0.284. The number of hydrogen-bond acceptors (Lipinski definition) is 7. The van der Waals surface area contributed by atoms with Crippen LogP contribution in [0.4, 0.5) is 4.39 Å². The first-order valence-electron chi connectivity index (χ1n) is 9.82. The van der Waals surface area contributed by atoms with Crippen LogP contribution in [0.1, 0.15) is 6.42 Å². The van der Waals surface area contributed by atoms with Crippen LogP contribution in [0.5, 0.6) is 17.2 Å². The zero-order valence-electron chi connectivity index (χ0n) is 17.8. The zero-order chi connectivity index (χ0) is 22.1. The molecule has 166 valence electrons. The Morgan fingerprint density at radius 1 is 0.935 bits per heavy atom. The number of aromatic nitrogens is 3. The second-order valence-electron chi connectivity index (χ2n) is 6.52. The molecule has 0 amide bonds. The zero-order valence-corrected chi connectivity index (χ0v) is 18.7. The van der Waals surface area contributed by atoms with Crippen LogP contribution in [0, 0.1) is 5.82 Å². The van der Waals surface area contributed by atoms with E-state index in [1.165, 1.54) is 12.1 Å². The lowest BCUT2D eigenvalue weighted by molar-refractivity contribution is 0.189. The highest BCUT2D eigenvalue weighted by atomic mass is 32.2. The van der Waals surface area contributed by atoms with Crippen molar-refractivity contribution in [1.82, 2.24) is 14.8 Å². The third-order valence-corrected chi connectivity index (χ3v) is 5.42. The van der Waals surface area contributed by atoms with E-state index in [9.17, 15) is 4.39 Å². The molecule has 0 fully saturated rings. The molecule has 1 heterocycles. The maximum atomic E-state index is 13.0. The van der Waals surface area contributed by atoms with E-state index in [2.05, 4.69) is 14.8 Å². The molecular formula is C22H26FN3O4S. The molecule has 1 aromatic heterocycles. The third-order valence-electron chi connectivity index (χ3n) is 4.49. The molecule has 0 aliphatic rings. The van der Waals surface area contributed by atoms with E-state index in [1.807, 2.05) is 18.2 Å². The summed E-state index contributed by atoms with van der Waals surface area (Å²) in [6.07, 6.45) is 0.828. The van der Waals surface area contributed by atoms with E-state index in [-0.39, 0.29) is 5.82 Å². The second kappa shape index (κ2) is 11.6. The number of ether oxygens (including phenoxy) is 4. The van der Waals surface area contributed by atoms with Crippen LogP contribution in [-0.2, 0) is 11.3 Å². The van der Waals surface area contributed by atoms with E-state index in [1.54, 1.807) is 45.2 Å². The Morgan fingerprint density at radius 2 is 1.71 bits per heavy atom. The van der Waals surface area contributed by atoms with Gasteiger partial charge in [0.25, 0.3) is 0 Å². The maximum Gasteiger partial charge on any atom is 0.191 e. The minimum atomic E-state index is -0.284. The quantitative estimate of drug-likeness (QED) is 0.303. The van der Waals surface area contributed by atoms with Gasteiger partial charge in [0.15, 0.2) is 22.5 Å². The maximum absolute atomic E-state index is 13.0. The summed E-state index contributed by atoms with van der Waals surface area (Å²) in [5, 5.41) is 9.59. The average molecular weight is 448 g/mol. The predicted molar refractivity (Wildman–Crippen MR) is 118 cm³/mol. The number of rotatable bonds is 12. The molecule has 0 aliphatic carbocycles. The summed E-state index contributed by atoms with van der Waals surface area (Å²) in [5.41, 5.74) is 0.886. The molecule has 7 nitrogen and oxygen atoms in total. The number of halogens is 1. The lowest BCUT2D eigenvalue weighted by Gasteiger charge is -2.12. The summed E-state index contributed by atoms with van der Waals surface area (Å²) >= 11 is 1.55. The Kier molecular flexibility index (Phi) is 8.54. The third kappa shape index (κ3) is 6.11. The SMILES string of the molecule is COCCCn1c(SCCOc2ccc(F)cc2)nnc1-c1ccc(OC)c(OC)c1. The van der Waals surface area contributed by atoms with Crippen molar-refractivity contribution < 1.29 is 23.3 Å². The highest BCUT2D eigenvalue weighted by molar-refractivity contribution is 7.99. The lowest BCUT2D eigenvalue weighted by atomic mass is 10.2. The predicted octanol–water partition coefficient (Wildman–Crippen LogP) is 4.31. The first-order chi connectivity index (χ1) is 15.2. The highest BCUT2D eigenvalue weighted by Crippen LogP contribution is 2.33. The van der Waals surface area contributed by atoms with Gasteiger partial charge in [0.1, 0.15) is 11.6 Å². The van der Waals surface area contributed by atoms with E-state index < -0.39 is 0 Å². The van der Waals surface area contributed by atoms with E-state index >= 15 is 0 Å². The van der Waals surface area contributed by atoms with Crippen molar-refractivity contribution in [2.45, 2.75) is 18.1 Å². The summed E-state index contributed by atoms with van der Waals surface area (Å²) in [6.45, 7) is 1.82. The molecule has 0 spiro atoms. The van der Waals surface area contributed by atoms with Gasteiger partial charge < -0.3 is 23.5 Å². The van der Waals surface area contributed by atoms with Crippen molar-refractivity contribution in [3.8, 4) is 28.6 Å². The molecule has 3 aromatic rings. The molecule has 3 rings (SSSR count). The molecule has 31 heavy (non-hydrogen) atoms. The van der Waals surface area contributed by atoms with Gasteiger partial charge >= 0.3 is 0 Å². The van der Waals surface area contributed by atoms with E-state index in [4.69, 9.17) is 18.9 Å². The Bertz CT molecular complexity index is 966. The molecule has 0 atom stereocenters. The van der Waals surface area contributed by atoms with Crippen LogP contribution in [0.25, 0.3) is 11.4 Å². The van der Waals surface area contributed by atoms with Crippen molar-refractivity contribution in [3.05, 3.63) is 48.3 Å². The molecule has 0 unspecified atom stereocenters. The van der Waals surface area contributed by atoms with Crippen LogP contribution in [0.3, 0.4) is 0 Å². The standard InChI is InChI=1S/C22H26FN3O4S/c1-27-12-4-11-26-21(16-5-10-19(28-2)20(15-16)29-3)24-25-22(26)31-14-13-30-18-8-6-17(23)7-9-18/h5-10,15H,4,11-14H2,1-3H3. The van der Waals surface area contributed by atoms with E-state index in [0.717, 1.165) is 23.0 Å². The second-order valence-corrected chi connectivity index (χ2v) is 7.59.